The molecule has 8 aromatic rings. The largest absolute Gasteiger partial charge is 0.456 e. The van der Waals surface area contributed by atoms with Gasteiger partial charge in [0.2, 0.25) is 0 Å². The molecule has 0 fully saturated rings. The number of hydrogen-bond acceptors (Lipinski definition) is 1. The van der Waals surface area contributed by atoms with Crippen LogP contribution in [0.3, 0.4) is 0 Å². The van der Waals surface area contributed by atoms with E-state index in [1.165, 1.54) is 48.8 Å². The molecule has 0 saturated heterocycles. The van der Waals surface area contributed by atoms with Gasteiger partial charge in [-0.1, -0.05) is 97.1 Å². The van der Waals surface area contributed by atoms with E-state index in [9.17, 15) is 0 Å². The minimum Gasteiger partial charge on any atom is -0.456 e. The van der Waals surface area contributed by atoms with Gasteiger partial charge in [-0.25, -0.2) is 4.85 Å². The molecule has 0 amide bonds. The van der Waals surface area contributed by atoms with Crippen molar-refractivity contribution in [2.75, 3.05) is 0 Å². The second kappa shape index (κ2) is 8.31. The number of fused-ring (bicyclic) bond motifs is 8. The number of para-hydroxylation sites is 1. The molecule has 0 saturated carbocycles. The Bertz CT molecular complexity index is 2300. The van der Waals surface area contributed by atoms with Gasteiger partial charge in [0.15, 0.2) is 5.69 Å². The van der Waals surface area contributed by atoms with Crippen molar-refractivity contribution in [3.05, 3.63) is 139 Å². The van der Waals surface area contributed by atoms with E-state index >= 15 is 0 Å². The molecule has 0 aliphatic rings. The third-order valence-corrected chi connectivity index (χ3v) is 7.84. The third kappa shape index (κ3) is 3.27. The molecule has 0 spiro atoms. The topological polar surface area (TPSA) is 17.5 Å². The molecular formula is C37H21NO. The Morgan fingerprint density at radius 1 is 0.462 bits per heavy atom. The van der Waals surface area contributed by atoms with Gasteiger partial charge in [0.05, 0.1) is 6.57 Å². The van der Waals surface area contributed by atoms with Crippen LogP contribution in [-0.4, -0.2) is 0 Å². The molecule has 0 atom stereocenters. The Kier molecular flexibility index (Phi) is 4.62. The van der Waals surface area contributed by atoms with Crippen molar-refractivity contribution in [3.63, 3.8) is 0 Å². The zero-order valence-corrected chi connectivity index (χ0v) is 21.0. The molecule has 0 aliphatic carbocycles. The normalized spacial score (nSPS) is 11.6. The van der Waals surface area contributed by atoms with Gasteiger partial charge in [0, 0.05) is 10.8 Å². The monoisotopic (exact) mass is 495 g/mol. The van der Waals surface area contributed by atoms with Gasteiger partial charge in [-0.05, 0) is 84.9 Å². The van der Waals surface area contributed by atoms with Crippen LogP contribution in [0, 0.1) is 6.57 Å². The van der Waals surface area contributed by atoms with Gasteiger partial charge in [0.1, 0.15) is 11.2 Å². The van der Waals surface area contributed by atoms with E-state index in [0.717, 1.165) is 27.7 Å². The smallest absolute Gasteiger partial charge is 0.187 e. The van der Waals surface area contributed by atoms with Gasteiger partial charge in [0.25, 0.3) is 0 Å². The van der Waals surface area contributed by atoms with Crippen LogP contribution in [-0.2, 0) is 0 Å². The summed E-state index contributed by atoms with van der Waals surface area (Å²) in [4.78, 5) is 3.62. The van der Waals surface area contributed by atoms with Crippen LogP contribution in [0.2, 0.25) is 0 Å². The van der Waals surface area contributed by atoms with E-state index in [0.29, 0.717) is 5.69 Å². The number of hydrogen-bond donors (Lipinski definition) is 0. The minimum atomic E-state index is 0.653. The number of rotatable bonds is 2. The van der Waals surface area contributed by atoms with Crippen molar-refractivity contribution >= 4 is 59.9 Å². The number of furan rings is 1. The molecule has 7 aromatic carbocycles. The van der Waals surface area contributed by atoms with E-state index in [4.69, 9.17) is 11.0 Å². The maximum absolute atomic E-state index is 7.40. The average Bonchev–Trinajstić information content (AvgIpc) is 3.39. The van der Waals surface area contributed by atoms with Crippen LogP contribution in [0.1, 0.15) is 0 Å². The molecule has 180 valence electrons. The van der Waals surface area contributed by atoms with Crippen molar-refractivity contribution in [1.29, 1.82) is 0 Å². The first kappa shape index (κ1) is 21.7. The molecule has 0 aliphatic heterocycles. The summed E-state index contributed by atoms with van der Waals surface area (Å²) >= 11 is 0. The molecule has 2 heteroatoms. The van der Waals surface area contributed by atoms with Crippen molar-refractivity contribution in [2.24, 2.45) is 0 Å². The molecule has 39 heavy (non-hydrogen) atoms. The third-order valence-electron chi connectivity index (χ3n) is 7.84. The summed E-state index contributed by atoms with van der Waals surface area (Å²) in [6, 6.07) is 44.6. The Morgan fingerprint density at radius 2 is 1.13 bits per heavy atom. The van der Waals surface area contributed by atoms with Crippen LogP contribution in [0.5, 0.6) is 0 Å². The summed E-state index contributed by atoms with van der Waals surface area (Å²) in [5.74, 6) is 0. The predicted octanol–water partition coefficient (Wildman–Crippen LogP) is 10.9. The first-order chi connectivity index (χ1) is 19.3. The molecule has 0 unspecified atom stereocenters. The van der Waals surface area contributed by atoms with Crippen molar-refractivity contribution in [3.8, 4) is 22.3 Å². The van der Waals surface area contributed by atoms with Crippen LogP contribution in [0.4, 0.5) is 5.69 Å². The lowest BCUT2D eigenvalue weighted by molar-refractivity contribution is 0.669. The maximum Gasteiger partial charge on any atom is 0.187 e. The molecule has 0 bridgehead atoms. The molecule has 0 N–H and O–H groups in total. The highest BCUT2D eigenvalue weighted by molar-refractivity contribution is 6.24. The molecule has 1 aromatic heterocycles. The summed E-state index contributed by atoms with van der Waals surface area (Å²) in [5, 5.41) is 9.54. The summed E-state index contributed by atoms with van der Waals surface area (Å²) < 4.78 is 6.38. The fourth-order valence-electron chi connectivity index (χ4n) is 6.07. The van der Waals surface area contributed by atoms with E-state index in [-0.39, 0.29) is 0 Å². The molecule has 1 heterocycles. The van der Waals surface area contributed by atoms with Gasteiger partial charge in [-0.2, -0.15) is 0 Å². The lowest BCUT2D eigenvalue weighted by Gasteiger charge is -2.15. The average molecular weight is 496 g/mol. The zero-order chi connectivity index (χ0) is 25.9. The first-order valence-corrected chi connectivity index (χ1v) is 13.1. The zero-order valence-electron chi connectivity index (χ0n) is 21.0. The quantitative estimate of drug-likeness (QED) is 0.172. The second-order valence-electron chi connectivity index (χ2n) is 10.0. The molecule has 0 radical (unpaired) electrons. The van der Waals surface area contributed by atoms with Crippen molar-refractivity contribution in [2.45, 2.75) is 0 Å². The lowest BCUT2D eigenvalue weighted by atomic mass is 9.88. The van der Waals surface area contributed by atoms with Gasteiger partial charge in [-0.3, -0.25) is 0 Å². The van der Waals surface area contributed by atoms with Gasteiger partial charge >= 0.3 is 0 Å². The molecule has 2 nitrogen and oxygen atoms in total. The van der Waals surface area contributed by atoms with Crippen LogP contribution < -0.4 is 0 Å². The van der Waals surface area contributed by atoms with Crippen molar-refractivity contribution in [1.82, 2.24) is 0 Å². The predicted molar refractivity (Wildman–Crippen MR) is 163 cm³/mol. The van der Waals surface area contributed by atoms with E-state index in [1.807, 2.05) is 30.3 Å². The van der Waals surface area contributed by atoms with E-state index in [2.05, 4.69) is 102 Å². The van der Waals surface area contributed by atoms with Crippen LogP contribution in [0.15, 0.2) is 132 Å². The van der Waals surface area contributed by atoms with E-state index in [1.54, 1.807) is 0 Å². The summed E-state index contributed by atoms with van der Waals surface area (Å²) in [5.41, 5.74) is 7.00. The molecular weight excluding hydrogens is 474 g/mol. The SMILES string of the molecule is [C-]#[N+]c1cccc(-c2ccc3cc(-c4cc5oc6ccccc6c5c5ccccc45)c4ccccc4c3c2)c1. The van der Waals surface area contributed by atoms with Gasteiger partial charge < -0.3 is 4.42 Å². The van der Waals surface area contributed by atoms with Crippen LogP contribution >= 0.6 is 0 Å². The Labute approximate surface area is 225 Å². The summed E-state index contributed by atoms with van der Waals surface area (Å²) in [6.45, 7) is 7.40. The van der Waals surface area contributed by atoms with Gasteiger partial charge in [-0.15, -0.1) is 0 Å². The lowest BCUT2D eigenvalue weighted by Crippen LogP contribution is -1.88. The molecule has 8 rings (SSSR count). The Hall–Kier alpha value is -5.39. The summed E-state index contributed by atoms with van der Waals surface area (Å²) in [6.07, 6.45) is 0. The standard InChI is InChI=1S/C37H21NO/c1-38-26-10-8-9-23(19-26)24-17-18-25-21-33(28-12-3-2-11-27(28)32(25)20-24)34-22-36-37(30-14-5-4-13-29(30)34)31-15-6-7-16-35(31)39-36/h2-22H. The van der Waals surface area contributed by atoms with Crippen LogP contribution in [0.25, 0.3) is 81.4 Å². The highest BCUT2D eigenvalue weighted by Gasteiger charge is 2.17. The highest BCUT2D eigenvalue weighted by Crippen LogP contribution is 2.43. The fourth-order valence-corrected chi connectivity index (χ4v) is 6.07. The second-order valence-corrected chi connectivity index (χ2v) is 10.0. The Morgan fingerprint density at radius 3 is 1.95 bits per heavy atom. The summed E-state index contributed by atoms with van der Waals surface area (Å²) in [7, 11) is 0. The van der Waals surface area contributed by atoms with E-state index < -0.39 is 0 Å². The first-order valence-electron chi connectivity index (χ1n) is 13.1. The highest BCUT2D eigenvalue weighted by atomic mass is 16.3. The Balaban J connectivity index is 1.44. The van der Waals surface area contributed by atoms with Crippen molar-refractivity contribution < 1.29 is 4.42 Å². The minimum absolute atomic E-state index is 0.653. The fraction of sp³-hybridized carbons (Fsp3) is 0. The maximum atomic E-state index is 7.40. The number of nitrogens with zero attached hydrogens (tertiary/aromatic N) is 1. The number of benzene rings is 7.